The summed E-state index contributed by atoms with van der Waals surface area (Å²) >= 11 is 1.88. The van der Waals surface area contributed by atoms with Crippen LogP contribution >= 0.6 is 11.8 Å². The number of amides is 1. The van der Waals surface area contributed by atoms with E-state index in [4.69, 9.17) is 4.74 Å². The van der Waals surface area contributed by atoms with Crippen LogP contribution in [0, 0.1) is 5.92 Å². The summed E-state index contributed by atoms with van der Waals surface area (Å²) in [6, 6.07) is 0. The molecule has 1 rings (SSSR count). The average Bonchev–Trinajstić information content (AvgIpc) is 2.29. The molecular formula is C14H27NO3S. The van der Waals surface area contributed by atoms with E-state index >= 15 is 0 Å². The summed E-state index contributed by atoms with van der Waals surface area (Å²) in [4.78, 5) is 13.7. The van der Waals surface area contributed by atoms with Crippen LogP contribution in [0.3, 0.4) is 0 Å². The Kier molecular flexibility index (Phi) is 6.47. The van der Waals surface area contributed by atoms with E-state index in [1.54, 1.807) is 4.90 Å². The normalized spacial score (nSPS) is 24.4. The number of thioether (sulfide) groups is 1. The van der Waals surface area contributed by atoms with Crippen LogP contribution in [0.1, 0.15) is 40.5 Å². The minimum Gasteiger partial charge on any atom is -0.444 e. The van der Waals surface area contributed by atoms with Crippen molar-refractivity contribution in [1.29, 1.82) is 0 Å². The Hall–Kier alpha value is -0.420. The van der Waals surface area contributed by atoms with Crippen molar-refractivity contribution in [3.8, 4) is 0 Å². The van der Waals surface area contributed by atoms with E-state index in [1.807, 2.05) is 32.5 Å². The van der Waals surface area contributed by atoms with Gasteiger partial charge in [-0.1, -0.05) is 6.92 Å². The number of rotatable bonds is 4. The van der Waals surface area contributed by atoms with Gasteiger partial charge in [0.1, 0.15) is 5.60 Å². The van der Waals surface area contributed by atoms with Crippen LogP contribution in [0.2, 0.25) is 0 Å². The van der Waals surface area contributed by atoms with E-state index in [9.17, 15) is 9.90 Å². The Labute approximate surface area is 120 Å². The van der Waals surface area contributed by atoms with Gasteiger partial charge >= 0.3 is 6.09 Å². The molecule has 0 aromatic carbocycles. The molecule has 1 aliphatic rings. The summed E-state index contributed by atoms with van der Waals surface area (Å²) in [7, 11) is 0. The molecular weight excluding hydrogens is 262 g/mol. The molecule has 1 fully saturated rings. The number of likely N-dealkylation sites (tertiary alicyclic amines) is 1. The highest BCUT2D eigenvalue weighted by atomic mass is 32.2. The van der Waals surface area contributed by atoms with Gasteiger partial charge < -0.3 is 14.7 Å². The van der Waals surface area contributed by atoms with Crippen LogP contribution in [0.5, 0.6) is 0 Å². The number of nitrogens with zero attached hydrogens (tertiary/aromatic N) is 1. The lowest BCUT2D eigenvalue weighted by molar-refractivity contribution is -0.00875. The second kappa shape index (κ2) is 7.39. The zero-order valence-electron chi connectivity index (χ0n) is 12.5. The first-order chi connectivity index (χ1) is 8.83. The highest BCUT2D eigenvalue weighted by Gasteiger charge is 2.32. The number of piperidine rings is 1. The number of carbonyl (C=O) groups is 1. The summed E-state index contributed by atoms with van der Waals surface area (Å²) in [5.74, 6) is 2.32. The molecule has 0 aromatic rings. The average molecular weight is 289 g/mol. The van der Waals surface area contributed by atoms with Crippen molar-refractivity contribution in [3.05, 3.63) is 0 Å². The first-order valence-corrected chi connectivity index (χ1v) is 8.22. The summed E-state index contributed by atoms with van der Waals surface area (Å²) < 4.78 is 5.39. The summed E-state index contributed by atoms with van der Waals surface area (Å²) in [5, 5.41) is 10.0. The van der Waals surface area contributed by atoms with E-state index in [-0.39, 0.29) is 18.1 Å². The van der Waals surface area contributed by atoms with Gasteiger partial charge in [0.15, 0.2) is 0 Å². The Morgan fingerprint density at radius 2 is 2.16 bits per heavy atom. The van der Waals surface area contributed by atoms with Crippen molar-refractivity contribution in [3.63, 3.8) is 0 Å². The largest absolute Gasteiger partial charge is 0.444 e. The van der Waals surface area contributed by atoms with Gasteiger partial charge in [0.25, 0.3) is 0 Å². The summed E-state index contributed by atoms with van der Waals surface area (Å²) in [6.07, 6.45) is 1.07. The van der Waals surface area contributed by atoms with Crippen molar-refractivity contribution in [2.75, 3.05) is 24.6 Å². The molecule has 0 bridgehead atoms. The van der Waals surface area contributed by atoms with Crippen molar-refractivity contribution >= 4 is 17.9 Å². The maximum atomic E-state index is 12.0. The predicted octanol–water partition coefficient (Wildman–Crippen LogP) is 2.75. The highest BCUT2D eigenvalue weighted by Crippen LogP contribution is 2.23. The highest BCUT2D eigenvalue weighted by molar-refractivity contribution is 7.99. The number of hydrogen-bond acceptors (Lipinski definition) is 4. The van der Waals surface area contributed by atoms with Crippen molar-refractivity contribution in [1.82, 2.24) is 4.90 Å². The molecule has 5 heteroatoms. The molecule has 1 saturated heterocycles. The first kappa shape index (κ1) is 16.6. The van der Waals surface area contributed by atoms with Crippen LogP contribution in [-0.4, -0.2) is 52.4 Å². The minimum absolute atomic E-state index is 0.181. The van der Waals surface area contributed by atoms with Crippen LogP contribution in [0.15, 0.2) is 0 Å². The lowest BCUT2D eigenvalue weighted by atomic mass is 9.93. The molecule has 1 aliphatic heterocycles. The fourth-order valence-electron chi connectivity index (χ4n) is 2.17. The molecule has 0 aliphatic carbocycles. The molecule has 4 nitrogen and oxygen atoms in total. The van der Waals surface area contributed by atoms with E-state index < -0.39 is 5.60 Å². The number of hydrogen-bond donors (Lipinski definition) is 1. The molecule has 0 aromatic heterocycles. The Bertz CT molecular complexity index is 291. The smallest absolute Gasteiger partial charge is 0.410 e. The van der Waals surface area contributed by atoms with Gasteiger partial charge in [-0.3, -0.25) is 0 Å². The number of ether oxygens (including phenoxy) is 1. The molecule has 1 heterocycles. The second-order valence-corrected chi connectivity index (χ2v) is 7.42. The van der Waals surface area contributed by atoms with Crippen LogP contribution in [0.4, 0.5) is 4.79 Å². The van der Waals surface area contributed by atoms with Crippen molar-refractivity contribution in [2.45, 2.75) is 52.2 Å². The molecule has 0 spiro atoms. The van der Waals surface area contributed by atoms with Gasteiger partial charge in [-0.25, -0.2) is 4.79 Å². The molecule has 19 heavy (non-hydrogen) atoms. The third-order valence-electron chi connectivity index (χ3n) is 3.18. The van der Waals surface area contributed by atoms with Crippen molar-refractivity contribution in [2.24, 2.45) is 5.92 Å². The maximum absolute atomic E-state index is 12.0. The van der Waals surface area contributed by atoms with Gasteiger partial charge in [-0.2, -0.15) is 11.8 Å². The number of aliphatic hydroxyl groups is 1. The Balaban J connectivity index is 2.46. The SMILES string of the molecule is CCSCCC1CN(C(=O)OC(C)(C)C)CCC1O. The zero-order chi connectivity index (χ0) is 14.5. The minimum atomic E-state index is -0.458. The fraction of sp³-hybridized carbons (Fsp3) is 0.929. The van der Waals surface area contributed by atoms with Crippen LogP contribution in [-0.2, 0) is 4.74 Å². The fourth-order valence-corrected chi connectivity index (χ4v) is 2.93. The Morgan fingerprint density at radius 1 is 1.47 bits per heavy atom. The maximum Gasteiger partial charge on any atom is 0.410 e. The number of aliphatic hydroxyl groups excluding tert-OH is 1. The number of carbonyl (C=O) groups excluding carboxylic acids is 1. The zero-order valence-corrected chi connectivity index (χ0v) is 13.3. The van der Waals surface area contributed by atoms with Gasteiger partial charge in [-0.05, 0) is 45.1 Å². The third kappa shape index (κ3) is 6.04. The molecule has 2 atom stereocenters. The van der Waals surface area contributed by atoms with Crippen LogP contribution in [0.25, 0.3) is 0 Å². The molecule has 2 unspecified atom stereocenters. The van der Waals surface area contributed by atoms with Crippen LogP contribution < -0.4 is 0 Å². The lowest BCUT2D eigenvalue weighted by Crippen LogP contribution is -2.47. The predicted molar refractivity (Wildman–Crippen MR) is 79.5 cm³/mol. The van der Waals surface area contributed by atoms with E-state index in [2.05, 4.69) is 6.92 Å². The monoisotopic (exact) mass is 289 g/mol. The Morgan fingerprint density at radius 3 is 2.74 bits per heavy atom. The molecule has 0 saturated carbocycles. The summed E-state index contributed by atoms with van der Waals surface area (Å²) in [5.41, 5.74) is -0.458. The standard InChI is InChI=1S/C14H27NO3S/c1-5-19-9-7-11-10-15(8-6-12(11)16)13(17)18-14(2,3)4/h11-12,16H,5-10H2,1-4H3. The second-order valence-electron chi connectivity index (χ2n) is 6.03. The molecule has 1 N–H and O–H groups in total. The summed E-state index contributed by atoms with van der Waals surface area (Å²) in [6.45, 7) is 8.96. The van der Waals surface area contributed by atoms with Gasteiger partial charge in [0.2, 0.25) is 0 Å². The van der Waals surface area contributed by atoms with E-state index in [0.29, 0.717) is 19.5 Å². The quantitative estimate of drug-likeness (QED) is 0.809. The molecule has 0 radical (unpaired) electrons. The van der Waals surface area contributed by atoms with E-state index in [0.717, 1.165) is 17.9 Å². The van der Waals surface area contributed by atoms with E-state index in [1.165, 1.54) is 0 Å². The molecule has 112 valence electrons. The van der Waals surface area contributed by atoms with Gasteiger partial charge in [-0.15, -0.1) is 0 Å². The third-order valence-corrected chi connectivity index (χ3v) is 4.12. The topological polar surface area (TPSA) is 49.8 Å². The first-order valence-electron chi connectivity index (χ1n) is 7.07. The van der Waals surface area contributed by atoms with Gasteiger partial charge in [0.05, 0.1) is 6.10 Å². The van der Waals surface area contributed by atoms with Gasteiger partial charge in [0, 0.05) is 19.0 Å². The molecule has 1 amide bonds. The van der Waals surface area contributed by atoms with Crippen molar-refractivity contribution < 1.29 is 14.6 Å². The lowest BCUT2D eigenvalue weighted by Gasteiger charge is -2.37.